The van der Waals surface area contributed by atoms with Crippen molar-refractivity contribution in [3.05, 3.63) is 0 Å². The number of aliphatic hydroxyl groups is 1. The summed E-state index contributed by atoms with van der Waals surface area (Å²) in [5.41, 5.74) is 0. The minimum atomic E-state index is -4.06. The monoisotopic (exact) mass is 253 g/mol. The highest BCUT2D eigenvalue weighted by atomic mass is 19.4. The molecule has 1 fully saturated rings. The van der Waals surface area contributed by atoms with Crippen molar-refractivity contribution in [2.45, 2.75) is 70.3 Å². The standard InChI is InChI=1S/C12H22F3NO/c1-8(6-9(2)17)16-11-5-3-4-10(7-11)12(13,14)15/h8-11,16-17H,3-7H2,1-2H3. The predicted molar refractivity (Wildman–Crippen MR) is 60.7 cm³/mol. The average molecular weight is 253 g/mol. The van der Waals surface area contributed by atoms with Gasteiger partial charge in [0.2, 0.25) is 0 Å². The van der Waals surface area contributed by atoms with E-state index in [0.717, 1.165) is 6.42 Å². The average Bonchev–Trinajstić information content (AvgIpc) is 2.15. The number of rotatable bonds is 4. The second-order valence-corrected chi connectivity index (χ2v) is 5.25. The third-order valence-corrected chi connectivity index (χ3v) is 3.35. The third-order valence-electron chi connectivity index (χ3n) is 3.35. The van der Waals surface area contributed by atoms with Gasteiger partial charge >= 0.3 is 6.18 Å². The van der Waals surface area contributed by atoms with E-state index < -0.39 is 18.2 Å². The first-order valence-corrected chi connectivity index (χ1v) is 6.30. The molecule has 0 heterocycles. The van der Waals surface area contributed by atoms with Crippen LogP contribution in [0.4, 0.5) is 13.2 Å². The molecule has 0 aromatic heterocycles. The minimum absolute atomic E-state index is 0.0620. The van der Waals surface area contributed by atoms with E-state index in [2.05, 4.69) is 5.32 Å². The lowest BCUT2D eigenvalue weighted by Gasteiger charge is -2.33. The maximum atomic E-state index is 12.6. The highest BCUT2D eigenvalue weighted by Gasteiger charge is 2.42. The zero-order chi connectivity index (χ0) is 13.1. The van der Waals surface area contributed by atoms with Crippen molar-refractivity contribution >= 4 is 0 Å². The van der Waals surface area contributed by atoms with Crippen molar-refractivity contribution in [2.24, 2.45) is 5.92 Å². The SMILES string of the molecule is CC(O)CC(C)NC1CCCC(C(F)(F)F)C1. The van der Waals surface area contributed by atoms with Crippen LogP contribution in [0, 0.1) is 5.92 Å². The summed E-state index contributed by atoms with van der Waals surface area (Å²) in [5.74, 6) is -1.16. The van der Waals surface area contributed by atoms with E-state index >= 15 is 0 Å². The van der Waals surface area contributed by atoms with Crippen molar-refractivity contribution in [2.75, 3.05) is 0 Å². The van der Waals surface area contributed by atoms with E-state index in [9.17, 15) is 18.3 Å². The molecule has 2 N–H and O–H groups in total. The van der Waals surface area contributed by atoms with Gasteiger partial charge in [0.15, 0.2) is 0 Å². The van der Waals surface area contributed by atoms with Crippen LogP contribution < -0.4 is 5.32 Å². The van der Waals surface area contributed by atoms with Crippen LogP contribution in [0.15, 0.2) is 0 Å². The molecule has 1 saturated carbocycles. The Labute approximate surface area is 101 Å². The van der Waals surface area contributed by atoms with E-state index in [1.165, 1.54) is 0 Å². The van der Waals surface area contributed by atoms with Crippen LogP contribution in [0.2, 0.25) is 0 Å². The quantitative estimate of drug-likeness (QED) is 0.807. The Hall–Kier alpha value is -0.290. The van der Waals surface area contributed by atoms with Crippen LogP contribution in [0.1, 0.15) is 46.0 Å². The molecule has 0 aromatic carbocycles. The molecule has 0 amide bonds. The summed E-state index contributed by atoms with van der Waals surface area (Å²) in [6.07, 6.45) is -2.04. The molecule has 0 saturated heterocycles. The number of alkyl halides is 3. The maximum Gasteiger partial charge on any atom is 0.391 e. The van der Waals surface area contributed by atoms with Gasteiger partial charge in [-0.05, 0) is 39.5 Å². The van der Waals surface area contributed by atoms with E-state index in [-0.39, 0.29) is 24.9 Å². The highest BCUT2D eigenvalue weighted by molar-refractivity contribution is 4.83. The molecule has 0 spiro atoms. The molecule has 1 aliphatic carbocycles. The second kappa shape index (κ2) is 6.05. The minimum Gasteiger partial charge on any atom is -0.393 e. The van der Waals surface area contributed by atoms with E-state index in [1.807, 2.05) is 6.92 Å². The van der Waals surface area contributed by atoms with Crippen LogP contribution in [0.25, 0.3) is 0 Å². The Bertz CT molecular complexity index is 230. The summed E-state index contributed by atoms with van der Waals surface area (Å²) in [6.45, 7) is 3.60. The molecule has 1 aliphatic rings. The zero-order valence-electron chi connectivity index (χ0n) is 10.4. The Balaban J connectivity index is 2.39. The lowest BCUT2D eigenvalue weighted by Crippen LogP contribution is -2.43. The first kappa shape index (κ1) is 14.8. The molecule has 5 heteroatoms. The number of hydrogen-bond donors (Lipinski definition) is 2. The number of aliphatic hydroxyl groups excluding tert-OH is 1. The molecule has 102 valence electrons. The van der Waals surface area contributed by atoms with E-state index in [0.29, 0.717) is 12.8 Å². The van der Waals surface area contributed by atoms with Gasteiger partial charge in [-0.3, -0.25) is 0 Å². The van der Waals surface area contributed by atoms with Crippen molar-refractivity contribution < 1.29 is 18.3 Å². The van der Waals surface area contributed by atoms with Gasteiger partial charge in [0.25, 0.3) is 0 Å². The Kier molecular flexibility index (Phi) is 5.25. The topological polar surface area (TPSA) is 32.3 Å². The molecule has 0 aromatic rings. The smallest absolute Gasteiger partial charge is 0.391 e. The van der Waals surface area contributed by atoms with Gasteiger partial charge < -0.3 is 10.4 Å². The van der Waals surface area contributed by atoms with Gasteiger partial charge in [-0.1, -0.05) is 6.42 Å². The van der Waals surface area contributed by atoms with E-state index in [1.54, 1.807) is 6.92 Å². The van der Waals surface area contributed by atoms with E-state index in [4.69, 9.17) is 0 Å². The van der Waals surface area contributed by atoms with Gasteiger partial charge in [-0.2, -0.15) is 13.2 Å². The fraction of sp³-hybridized carbons (Fsp3) is 1.00. The molecule has 0 aliphatic heterocycles. The van der Waals surface area contributed by atoms with Crippen LogP contribution in [0.3, 0.4) is 0 Å². The first-order valence-electron chi connectivity index (χ1n) is 6.30. The van der Waals surface area contributed by atoms with Gasteiger partial charge in [-0.15, -0.1) is 0 Å². The number of halogens is 3. The Morgan fingerprint density at radius 1 is 1.29 bits per heavy atom. The van der Waals surface area contributed by atoms with Gasteiger partial charge in [0.05, 0.1) is 12.0 Å². The van der Waals surface area contributed by atoms with Gasteiger partial charge in [0.1, 0.15) is 0 Å². The van der Waals surface area contributed by atoms with Crippen molar-refractivity contribution in [3.8, 4) is 0 Å². The lowest BCUT2D eigenvalue weighted by molar-refractivity contribution is -0.183. The summed E-state index contributed by atoms with van der Waals surface area (Å²) in [7, 11) is 0. The predicted octanol–water partition coefficient (Wildman–Crippen LogP) is 2.86. The molecular formula is C12H22F3NO. The number of hydrogen-bond acceptors (Lipinski definition) is 2. The molecule has 1 rings (SSSR count). The molecule has 0 radical (unpaired) electrons. The molecule has 4 atom stereocenters. The van der Waals surface area contributed by atoms with Crippen LogP contribution >= 0.6 is 0 Å². The summed E-state index contributed by atoms with van der Waals surface area (Å²) < 4.78 is 37.8. The highest BCUT2D eigenvalue weighted by Crippen LogP contribution is 2.37. The van der Waals surface area contributed by atoms with Crippen molar-refractivity contribution in [3.63, 3.8) is 0 Å². The first-order chi connectivity index (χ1) is 7.79. The van der Waals surface area contributed by atoms with Crippen LogP contribution in [0.5, 0.6) is 0 Å². The maximum absolute atomic E-state index is 12.6. The van der Waals surface area contributed by atoms with Crippen molar-refractivity contribution in [1.82, 2.24) is 5.32 Å². The Morgan fingerprint density at radius 3 is 2.47 bits per heavy atom. The van der Waals surface area contributed by atoms with Gasteiger partial charge in [-0.25, -0.2) is 0 Å². The Morgan fingerprint density at radius 2 is 1.94 bits per heavy atom. The molecule has 17 heavy (non-hydrogen) atoms. The van der Waals surface area contributed by atoms with Crippen molar-refractivity contribution in [1.29, 1.82) is 0 Å². The largest absolute Gasteiger partial charge is 0.393 e. The third kappa shape index (κ3) is 5.25. The normalized spacial score (nSPS) is 30.0. The second-order valence-electron chi connectivity index (χ2n) is 5.25. The van der Waals surface area contributed by atoms with Gasteiger partial charge in [0, 0.05) is 12.1 Å². The summed E-state index contributed by atoms with van der Waals surface area (Å²) >= 11 is 0. The lowest BCUT2D eigenvalue weighted by atomic mass is 9.85. The number of nitrogens with one attached hydrogen (secondary N) is 1. The summed E-state index contributed by atoms with van der Waals surface area (Å²) in [6, 6.07) is -0.00360. The molecular weight excluding hydrogens is 231 g/mol. The van der Waals surface area contributed by atoms with Crippen LogP contribution in [-0.2, 0) is 0 Å². The van der Waals surface area contributed by atoms with Crippen LogP contribution in [-0.4, -0.2) is 29.5 Å². The summed E-state index contributed by atoms with van der Waals surface area (Å²) in [4.78, 5) is 0. The molecule has 4 unspecified atom stereocenters. The molecule has 2 nitrogen and oxygen atoms in total. The summed E-state index contributed by atoms with van der Waals surface area (Å²) in [5, 5.41) is 12.4. The fourth-order valence-corrected chi connectivity index (χ4v) is 2.62. The zero-order valence-corrected chi connectivity index (χ0v) is 10.4. The molecule has 0 bridgehead atoms. The fourth-order valence-electron chi connectivity index (χ4n) is 2.62.